The number of carbonyl (C=O) groups excluding carboxylic acids is 1. The van der Waals surface area contributed by atoms with Gasteiger partial charge >= 0.3 is 0 Å². The second-order valence-electron chi connectivity index (χ2n) is 7.77. The Balaban J connectivity index is 1.62. The van der Waals surface area contributed by atoms with Gasteiger partial charge in [0, 0.05) is 28.6 Å². The molecule has 25 heavy (non-hydrogen) atoms. The maximum Gasteiger partial charge on any atom is 0.252 e. The fraction of sp³-hybridized carbons (Fsp3) is 0.500. The van der Waals surface area contributed by atoms with Crippen LogP contribution in [0.2, 0.25) is 5.02 Å². The Morgan fingerprint density at radius 1 is 1.32 bits per heavy atom. The molecule has 2 fully saturated rings. The minimum absolute atomic E-state index is 0.0173. The van der Waals surface area contributed by atoms with Crippen molar-refractivity contribution in [3.05, 3.63) is 40.5 Å². The molecule has 1 saturated heterocycles. The summed E-state index contributed by atoms with van der Waals surface area (Å²) in [4.78, 5) is 17.7. The summed E-state index contributed by atoms with van der Waals surface area (Å²) in [5.74, 6) is 0.491. The van der Waals surface area contributed by atoms with E-state index in [-0.39, 0.29) is 11.3 Å². The van der Waals surface area contributed by atoms with Gasteiger partial charge < -0.3 is 10.6 Å². The molecule has 4 rings (SSSR count). The van der Waals surface area contributed by atoms with Crippen molar-refractivity contribution in [3.8, 4) is 0 Å². The first-order valence-corrected chi connectivity index (χ1v) is 9.51. The van der Waals surface area contributed by atoms with E-state index in [1.165, 1.54) is 0 Å². The second kappa shape index (κ2) is 6.58. The number of piperidine rings is 1. The fourth-order valence-electron chi connectivity index (χ4n) is 3.59. The number of rotatable bonds is 4. The van der Waals surface area contributed by atoms with E-state index in [9.17, 15) is 4.79 Å². The molecule has 2 heterocycles. The number of aromatic nitrogens is 1. The molecule has 1 saturated carbocycles. The minimum atomic E-state index is -0.0173. The van der Waals surface area contributed by atoms with Gasteiger partial charge in [-0.25, -0.2) is 0 Å². The van der Waals surface area contributed by atoms with E-state index in [1.54, 1.807) is 0 Å². The Morgan fingerprint density at radius 3 is 2.80 bits per heavy atom. The highest BCUT2D eigenvalue weighted by atomic mass is 35.5. The van der Waals surface area contributed by atoms with Crippen molar-refractivity contribution in [2.75, 3.05) is 19.6 Å². The zero-order chi connectivity index (χ0) is 17.4. The number of fused-ring (bicyclic) bond motifs is 1. The normalized spacial score (nSPS) is 19.8. The Hall–Kier alpha value is -1.65. The van der Waals surface area contributed by atoms with Gasteiger partial charge in [0.1, 0.15) is 0 Å². The topological polar surface area (TPSA) is 54.0 Å². The first-order valence-electron chi connectivity index (χ1n) is 9.13. The number of hydrogen-bond donors (Lipinski definition) is 2. The number of pyridine rings is 1. The average molecular weight is 358 g/mol. The van der Waals surface area contributed by atoms with Crippen molar-refractivity contribution in [1.29, 1.82) is 0 Å². The van der Waals surface area contributed by atoms with Crippen molar-refractivity contribution >= 4 is 28.4 Å². The monoisotopic (exact) mass is 357 g/mol. The van der Waals surface area contributed by atoms with Crippen LogP contribution in [-0.2, 0) is 0 Å². The molecular weight excluding hydrogens is 334 g/mol. The highest BCUT2D eigenvalue weighted by Crippen LogP contribution is 2.40. The van der Waals surface area contributed by atoms with E-state index >= 15 is 0 Å². The zero-order valence-electron chi connectivity index (χ0n) is 14.6. The van der Waals surface area contributed by atoms with E-state index in [0.717, 1.165) is 55.4 Å². The van der Waals surface area contributed by atoms with Crippen molar-refractivity contribution in [1.82, 2.24) is 15.6 Å². The highest BCUT2D eigenvalue weighted by molar-refractivity contribution is 6.31. The van der Waals surface area contributed by atoms with Crippen LogP contribution in [0.25, 0.3) is 10.9 Å². The number of carbonyl (C=O) groups is 1. The zero-order valence-corrected chi connectivity index (χ0v) is 15.3. The molecule has 2 aliphatic rings. The molecule has 1 amide bonds. The van der Waals surface area contributed by atoms with Crippen LogP contribution in [0.1, 0.15) is 54.6 Å². The summed E-state index contributed by atoms with van der Waals surface area (Å²) in [6.07, 6.45) is 4.50. The van der Waals surface area contributed by atoms with E-state index in [1.807, 2.05) is 24.3 Å². The van der Waals surface area contributed by atoms with Crippen LogP contribution in [0.5, 0.6) is 0 Å². The largest absolute Gasteiger partial charge is 0.351 e. The van der Waals surface area contributed by atoms with Gasteiger partial charge in [-0.2, -0.15) is 0 Å². The molecule has 1 aliphatic carbocycles. The Labute approximate surface area is 153 Å². The summed E-state index contributed by atoms with van der Waals surface area (Å²) in [6.45, 7) is 5.00. The summed E-state index contributed by atoms with van der Waals surface area (Å²) >= 11 is 6.16. The molecule has 132 valence electrons. The maximum absolute atomic E-state index is 13.0. The Kier molecular flexibility index (Phi) is 4.42. The van der Waals surface area contributed by atoms with Crippen LogP contribution in [0.3, 0.4) is 0 Å². The Morgan fingerprint density at radius 2 is 2.08 bits per heavy atom. The summed E-state index contributed by atoms with van der Waals surface area (Å²) in [5.41, 5.74) is 2.76. The van der Waals surface area contributed by atoms with E-state index in [4.69, 9.17) is 16.6 Å². The van der Waals surface area contributed by atoms with E-state index in [0.29, 0.717) is 23.0 Å². The molecule has 0 radical (unpaired) electrons. The quantitative estimate of drug-likeness (QED) is 0.872. The van der Waals surface area contributed by atoms with Gasteiger partial charge in [0.25, 0.3) is 5.91 Å². The molecular formula is C20H24ClN3O. The van der Waals surface area contributed by atoms with Crippen molar-refractivity contribution in [3.63, 3.8) is 0 Å². The van der Waals surface area contributed by atoms with Crippen LogP contribution in [0.4, 0.5) is 0 Å². The lowest BCUT2D eigenvalue weighted by atomic mass is 9.81. The predicted octanol–water partition coefficient (Wildman–Crippen LogP) is 3.89. The summed E-state index contributed by atoms with van der Waals surface area (Å²) in [7, 11) is 0. The van der Waals surface area contributed by atoms with Gasteiger partial charge in [-0.3, -0.25) is 9.78 Å². The number of nitrogens with one attached hydrogen (secondary N) is 2. The lowest BCUT2D eigenvalue weighted by Crippen LogP contribution is -2.42. The standard InChI is InChI=1S/C20H24ClN3O/c1-20(6-8-22-9-7-20)12-23-19(25)16-11-18(13-2-3-13)24-17-5-4-14(21)10-15(16)17/h4-5,10-11,13,22H,2-3,6-9,12H2,1H3,(H,23,25). The van der Waals surface area contributed by atoms with E-state index < -0.39 is 0 Å². The third-order valence-electron chi connectivity index (χ3n) is 5.52. The van der Waals surface area contributed by atoms with Crippen LogP contribution in [0.15, 0.2) is 24.3 Å². The van der Waals surface area contributed by atoms with Crippen LogP contribution in [-0.4, -0.2) is 30.5 Å². The molecule has 2 N–H and O–H groups in total. The molecule has 0 bridgehead atoms. The third kappa shape index (κ3) is 3.65. The van der Waals surface area contributed by atoms with Crippen LogP contribution >= 0.6 is 11.6 Å². The molecule has 1 aromatic carbocycles. The molecule has 0 unspecified atom stereocenters. The summed E-state index contributed by atoms with van der Waals surface area (Å²) in [6, 6.07) is 7.57. The number of benzene rings is 1. The van der Waals surface area contributed by atoms with Crippen LogP contribution < -0.4 is 10.6 Å². The van der Waals surface area contributed by atoms with Gasteiger partial charge in [-0.05, 0) is 68.5 Å². The number of nitrogens with zero attached hydrogens (tertiary/aromatic N) is 1. The van der Waals surface area contributed by atoms with Gasteiger partial charge in [0.2, 0.25) is 0 Å². The molecule has 5 heteroatoms. The lowest BCUT2D eigenvalue weighted by molar-refractivity contribution is 0.0924. The highest BCUT2D eigenvalue weighted by Gasteiger charge is 2.29. The first-order chi connectivity index (χ1) is 12.0. The van der Waals surface area contributed by atoms with Crippen molar-refractivity contribution < 1.29 is 4.79 Å². The van der Waals surface area contributed by atoms with Crippen LogP contribution in [0, 0.1) is 5.41 Å². The first kappa shape index (κ1) is 16.8. The predicted molar refractivity (Wildman–Crippen MR) is 101 cm³/mol. The smallest absolute Gasteiger partial charge is 0.252 e. The maximum atomic E-state index is 13.0. The number of hydrogen-bond acceptors (Lipinski definition) is 3. The van der Waals surface area contributed by atoms with Gasteiger partial charge in [-0.1, -0.05) is 18.5 Å². The van der Waals surface area contributed by atoms with Crippen molar-refractivity contribution in [2.45, 2.75) is 38.5 Å². The molecule has 0 atom stereocenters. The third-order valence-corrected chi connectivity index (χ3v) is 5.75. The van der Waals surface area contributed by atoms with Gasteiger partial charge in [0.05, 0.1) is 11.1 Å². The number of halogens is 1. The van der Waals surface area contributed by atoms with Gasteiger partial charge in [-0.15, -0.1) is 0 Å². The Bertz CT molecular complexity index is 810. The molecule has 4 nitrogen and oxygen atoms in total. The molecule has 1 aliphatic heterocycles. The molecule has 2 aromatic rings. The summed E-state index contributed by atoms with van der Waals surface area (Å²) < 4.78 is 0. The number of amides is 1. The SMILES string of the molecule is CC1(CNC(=O)c2cc(C3CC3)nc3ccc(Cl)cc23)CCNCC1. The molecule has 0 spiro atoms. The lowest BCUT2D eigenvalue weighted by Gasteiger charge is -2.34. The minimum Gasteiger partial charge on any atom is -0.351 e. The summed E-state index contributed by atoms with van der Waals surface area (Å²) in [5, 5.41) is 8.02. The van der Waals surface area contributed by atoms with E-state index in [2.05, 4.69) is 17.6 Å². The second-order valence-corrected chi connectivity index (χ2v) is 8.21. The molecule has 1 aromatic heterocycles. The average Bonchev–Trinajstić information content (AvgIpc) is 3.45. The van der Waals surface area contributed by atoms with Crippen molar-refractivity contribution in [2.24, 2.45) is 5.41 Å². The fourth-order valence-corrected chi connectivity index (χ4v) is 3.76. The van der Waals surface area contributed by atoms with Gasteiger partial charge in [0.15, 0.2) is 0 Å².